The van der Waals surface area contributed by atoms with Crippen molar-refractivity contribution in [2.75, 3.05) is 11.9 Å². The summed E-state index contributed by atoms with van der Waals surface area (Å²) in [5.74, 6) is -0.180. The number of rotatable bonds is 6. The second kappa shape index (κ2) is 8.41. The van der Waals surface area contributed by atoms with Gasteiger partial charge in [-0.15, -0.1) is 0 Å². The molecule has 0 saturated carbocycles. The van der Waals surface area contributed by atoms with Crippen LogP contribution in [0, 0.1) is 5.82 Å². The van der Waals surface area contributed by atoms with Crippen LogP contribution in [0.25, 0.3) is 22.5 Å². The van der Waals surface area contributed by atoms with Gasteiger partial charge in [-0.2, -0.15) is 23.1 Å². The van der Waals surface area contributed by atoms with Crippen molar-refractivity contribution in [1.29, 1.82) is 0 Å². The number of hydrogen-bond acceptors (Lipinski definition) is 4. The summed E-state index contributed by atoms with van der Waals surface area (Å²) in [6.07, 6.45) is 0. The van der Waals surface area contributed by atoms with Gasteiger partial charge < -0.3 is 4.74 Å². The van der Waals surface area contributed by atoms with Crippen molar-refractivity contribution in [2.45, 2.75) is 4.90 Å². The van der Waals surface area contributed by atoms with E-state index in [1.165, 1.54) is 31.4 Å². The summed E-state index contributed by atoms with van der Waals surface area (Å²) in [5.41, 5.74) is 1.52. The van der Waals surface area contributed by atoms with E-state index in [1.807, 2.05) is 0 Å². The Bertz CT molecular complexity index is 1320. The third kappa shape index (κ3) is 4.40. The van der Waals surface area contributed by atoms with Gasteiger partial charge in [0, 0.05) is 22.2 Å². The molecule has 0 atom stereocenters. The molecule has 0 aliphatic carbocycles. The third-order valence-electron chi connectivity index (χ3n) is 4.56. The van der Waals surface area contributed by atoms with E-state index in [4.69, 9.17) is 16.3 Å². The summed E-state index contributed by atoms with van der Waals surface area (Å²) in [7, 11) is -2.49. The van der Waals surface area contributed by atoms with Crippen molar-refractivity contribution in [3.8, 4) is 28.3 Å². The van der Waals surface area contributed by atoms with E-state index in [2.05, 4.69) is 9.93 Å². The molecule has 0 radical (unpaired) electrons. The molecule has 0 amide bonds. The Hall–Kier alpha value is -3.36. The highest BCUT2D eigenvalue weighted by Gasteiger charge is 2.20. The Morgan fingerprint density at radius 1 is 1.00 bits per heavy atom. The number of halogens is 2. The Morgan fingerprint density at radius 3 is 2.35 bits per heavy atom. The molecule has 0 fully saturated rings. The van der Waals surface area contributed by atoms with E-state index >= 15 is 0 Å². The number of ether oxygens (including phenoxy) is 1. The number of methoxy groups -OCH3 is 1. The quantitative estimate of drug-likeness (QED) is 0.444. The molecule has 31 heavy (non-hydrogen) atoms. The van der Waals surface area contributed by atoms with Gasteiger partial charge in [0.05, 0.1) is 23.4 Å². The molecule has 0 saturated heterocycles. The van der Waals surface area contributed by atoms with Gasteiger partial charge >= 0.3 is 0 Å². The molecule has 0 bridgehead atoms. The molecule has 6 nitrogen and oxygen atoms in total. The lowest BCUT2D eigenvalue weighted by Crippen LogP contribution is -2.25. The average molecular weight is 458 g/mol. The Balaban J connectivity index is 1.82. The van der Waals surface area contributed by atoms with Gasteiger partial charge in [0.15, 0.2) is 0 Å². The number of nitrogens with one attached hydrogen (secondary N) is 1. The van der Waals surface area contributed by atoms with Crippen molar-refractivity contribution in [3.05, 3.63) is 89.7 Å². The topological polar surface area (TPSA) is 73.2 Å². The summed E-state index contributed by atoms with van der Waals surface area (Å²) < 4.78 is 45.4. The molecule has 1 heterocycles. The van der Waals surface area contributed by atoms with Gasteiger partial charge in [0.25, 0.3) is 10.0 Å². The Labute approximate surface area is 183 Å². The molecule has 0 aliphatic heterocycles. The molecule has 1 aromatic heterocycles. The van der Waals surface area contributed by atoms with Crippen molar-refractivity contribution >= 4 is 21.6 Å². The highest BCUT2D eigenvalue weighted by Crippen LogP contribution is 2.30. The first-order valence-electron chi connectivity index (χ1n) is 9.15. The molecular formula is C22H17ClFN3O3S. The zero-order chi connectivity index (χ0) is 22.0. The van der Waals surface area contributed by atoms with Crippen LogP contribution in [0.2, 0.25) is 5.02 Å². The minimum absolute atomic E-state index is 0.0738. The van der Waals surface area contributed by atoms with Gasteiger partial charge in [0.2, 0.25) is 0 Å². The maximum atomic E-state index is 14.6. The van der Waals surface area contributed by atoms with Crippen LogP contribution in [0.3, 0.4) is 0 Å². The summed E-state index contributed by atoms with van der Waals surface area (Å²) >= 11 is 5.98. The fraction of sp³-hybridized carbons (Fsp3) is 0.0455. The lowest BCUT2D eigenvalue weighted by Gasteiger charge is -2.11. The third-order valence-corrected chi connectivity index (χ3v) is 6.12. The molecule has 9 heteroatoms. The van der Waals surface area contributed by atoms with E-state index in [9.17, 15) is 12.8 Å². The minimum Gasteiger partial charge on any atom is -0.497 e. The van der Waals surface area contributed by atoms with Crippen LogP contribution in [0.1, 0.15) is 0 Å². The lowest BCUT2D eigenvalue weighted by atomic mass is 10.1. The standard InChI is InChI=1S/C22H17ClFN3O3S/c1-30-17-11-12-19(20(24)13-17)21-14-22(15-7-9-16(23)10-8-15)27(25-21)26-31(28,29)18-5-3-2-4-6-18/h2-14,26H,1H3. The maximum absolute atomic E-state index is 14.6. The lowest BCUT2D eigenvalue weighted by molar-refractivity contribution is 0.411. The van der Waals surface area contributed by atoms with E-state index in [1.54, 1.807) is 54.6 Å². The zero-order valence-corrected chi connectivity index (χ0v) is 17.9. The second-order valence-electron chi connectivity index (χ2n) is 6.59. The van der Waals surface area contributed by atoms with Crippen LogP contribution < -0.4 is 9.57 Å². The number of benzene rings is 3. The summed E-state index contributed by atoms with van der Waals surface area (Å²) in [4.78, 5) is 3.64. The number of aromatic nitrogens is 2. The predicted octanol–water partition coefficient (Wildman–Crippen LogP) is 4.95. The summed E-state index contributed by atoms with van der Waals surface area (Å²) in [6, 6.07) is 20.7. The van der Waals surface area contributed by atoms with Crippen LogP contribution in [-0.4, -0.2) is 25.4 Å². The molecule has 0 unspecified atom stereocenters. The molecule has 158 valence electrons. The van der Waals surface area contributed by atoms with Gasteiger partial charge in [-0.25, -0.2) is 4.39 Å². The van der Waals surface area contributed by atoms with Crippen LogP contribution in [0.15, 0.2) is 83.8 Å². The fourth-order valence-corrected chi connectivity index (χ4v) is 4.12. The maximum Gasteiger partial charge on any atom is 0.276 e. The van der Waals surface area contributed by atoms with Crippen molar-refractivity contribution < 1.29 is 17.5 Å². The van der Waals surface area contributed by atoms with E-state index in [0.717, 1.165) is 4.79 Å². The van der Waals surface area contributed by atoms with Crippen LogP contribution in [0.4, 0.5) is 4.39 Å². The number of hydrogen-bond donors (Lipinski definition) is 1. The first-order chi connectivity index (χ1) is 14.9. The molecule has 0 aliphatic rings. The SMILES string of the molecule is COc1ccc(-c2cc(-c3ccc(Cl)cc3)n(NS(=O)(=O)c3ccccc3)n2)c(F)c1. The van der Waals surface area contributed by atoms with Gasteiger partial charge in [-0.05, 0) is 42.5 Å². The van der Waals surface area contributed by atoms with E-state index in [0.29, 0.717) is 22.0 Å². The first-order valence-corrected chi connectivity index (χ1v) is 11.0. The van der Waals surface area contributed by atoms with Gasteiger partial charge in [-0.3, -0.25) is 0 Å². The molecule has 3 aromatic carbocycles. The van der Waals surface area contributed by atoms with Crippen LogP contribution in [0.5, 0.6) is 5.75 Å². The predicted molar refractivity (Wildman–Crippen MR) is 118 cm³/mol. The summed E-state index contributed by atoms with van der Waals surface area (Å²) in [5, 5.41) is 4.85. The highest BCUT2D eigenvalue weighted by atomic mass is 35.5. The summed E-state index contributed by atoms with van der Waals surface area (Å²) in [6.45, 7) is 0. The van der Waals surface area contributed by atoms with Crippen LogP contribution >= 0.6 is 11.6 Å². The number of nitrogens with zero attached hydrogens (tertiary/aromatic N) is 2. The van der Waals surface area contributed by atoms with Crippen LogP contribution in [-0.2, 0) is 10.0 Å². The zero-order valence-electron chi connectivity index (χ0n) is 16.3. The second-order valence-corrected chi connectivity index (χ2v) is 8.68. The largest absolute Gasteiger partial charge is 0.497 e. The van der Waals surface area contributed by atoms with E-state index in [-0.39, 0.29) is 16.2 Å². The number of sulfonamides is 1. The minimum atomic E-state index is -3.93. The smallest absolute Gasteiger partial charge is 0.276 e. The fourth-order valence-electron chi connectivity index (χ4n) is 3.01. The molecular weight excluding hydrogens is 441 g/mol. The highest BCUT2D eigenvalue weighted by molar-refractivity contribution is 7.92. The van der Waals surface area contributed by atoms with E-state index < -0.39 is 15.8 Å². The van der Waals surface area contributed by atoms with Crippen molar-refractivity contribution in [2.24, 2.45) is 0 Å². The monoisotopic (exact) mass is 457 g/mol. The Morgan fingerprint density at radius 2 is 1.71 bits per heavy atom. The van der Waals surface area contributed by atoms with Crippen molar-refractivity contribution in [3.63, 3.8) is 0 Å². The van der Waals surface area contributed by atoms with Crippen molar-refractivity contribution in [1.82, 2.24) is 9.89 Å². The Kier molecular flexibility index (Phi) is 5.67. The average Bonchev–Trinajstić information content (AvgIpc) is 3.17. The molecule has 4 aromatic rings. The molecule has 4 rings (SSSR count). The first kappa shape index (κ1) is 20.9. The van der Waals surface area contributed by atoms with Gasteiger partial charge in [-0.1, -0.05) is 41.9 Å². The molecule has 1 N–H and O–H groups in total. The molecule has 0 spiro atoms. The van der Waals surface area contributed by atoms with Gasteiger partial charge in [0.1, 0.15) is 11.6 Å². The normalized spacial score (nSPS) is 11.3.